The maximum absolute atomic E-state index is 6.75. The first kappa shape index (κ1) is 49.7. The van der Waals surface area contributed by atoms with Crippen LogP contribution in [-0.4, -0.2) is 12.3 Å². The molecule has 0 aromatic heterocycles. The molecule has 3 heterocycles. The molecule has 3 unspecified atom stereocenters. The van der Waals surface area contributed by atoms with E-state index in [9.17, 15) is 0 Å². The summed E-state index contributed by atoms with van der Waals surface area (Å²) in [6.07, 6.45) is 5.77. The number of nitrogen functional groups attached to an aromatic ring is 1. The summed E-state index contributed by atoms with van der Waals surface area (Å²) in [7, 11) is 0. The van der Waals surface area contributed by atoms with E-state index in [0.717, 1.165) is 18.5 Å². The first-order valence-corrected chi connectivity index (χ1v) is 28.4. The summed E-state index contributed by atoms with van der Waals surface area (Å²) in [6, 6.07) is 53.0. The number of benzene rings is 7. The summed E-state index contributed by atoms with van der Waals surface area (Å²) >= 11 is 0. The molecule has 0 saturated heterocycles. The van der Waals surface area contributed by atoms with Crippen molar-refractivity contribution in [3.63, 3.8) is 0 Å². The zero-order chi connectivity index (χ0) is 53.1. The number of hydrogen-bond acceptors (Lipinski definition) is 4. The molecule has 4 nitrogen and oxygen atoms in total. The van der Waals surface area contributed by atoms with Crippen molar-refractivity contribution >= 4 is 74.3 Å². The lowest BCUT2D eigenvalue weighted by Crippen LogP contribution is -2.62. The fourth-order valence-electron chi connectivity index (χ4n) is 14.7. The molecule has 1 fully saturated rings. The van der Waals surface area contributed by atoms with Gasteiger partial charge in [0.15, 0.2) is 0 Å². The van der Waals surface area contributed by atoms with Gasteiger partial charge in [-0.25, -0.2) is 0 Å². The molecule has 3 atom stereocenters. The smallest absolute Gasteiger partial charge is 0.252 e. The monoisotopic (exact) mass is 989 g/mol. The number of nitrogens with two attached hydrogens (primary N) is 1. The van der Waals surface area contributed by atoms with Gasteiger partial charge in [-0.15, -0.1) is 0 Å². The van der Waals surface area contributed by atoms with E-state index < -0.39 is 0 Å². The third-order valence-corrected chi connectivity index (χ3v) is 19.4. The molecule has 75 heavy (non-hydrogen) atoms. The lowest BCUT2D eigenvalue weighted by Gasteiger charge is -2.48. The van der Waals surface area contributed by atoms with Gasteiger partial charge in [0.05, 0.1) is 11.2 Å². The zero-order valence-electron chi connectivity index (χ0n) is 47.9. The maximum Gasteiger partial charge on any atom is 0.252 e. The first-order valence-electron chi connectivity index (χ1n) is 28.4. The van der Waals surface area contributed by atoms with Crippen molar-refractivity contribution in [1.29, 1.82) is 0 Å². The lowest BCUT2D eigenvalue weighted by molar-refractivity contribution is 0.330. The molecule has 1 saturated carbocycles. The van der Waals surface area contributed by atoms with Crippen LogP contribution in [0, 0.1) is 5.92 Å². The largest absolute Gasteiger partial charge is 0.399 e. The number of anilines is 9. The molecule has 12 rings (SSSR count). The van der Waals surface area contributed by atoms with Crippen LogP contribution in [0.3, 0.4) is 0 Å². The molecule has 2 aliphatic carbocycles. The van der Waals surface area contributed by atoms with E-state index in [2.05, 4.69) is 252 Å². The van der Waals surface area contributed by atoms with Crippen molar-refractivity contribution in [2.45, 2.75) is 174 Å². The van der Waals surface area contributed by atoms with Crippen LogP contribution >= 0.6 is 0 Å². The highest BCUT2D eigenvalue weighted by Crippen LogP contribution is 2.64. The van der Waals surface area contributed by atoms with Crippen LogP contribution in [0.5, 0.6) is 0 Å². The van der Waals surface area contributed by atoms with Gasteiger partial charge in [-0.2, -0.15) is 0 Å². The summed E-state index contributed by atoms with van der Waals surface area (Å²) in [4.78, 5) is 8.15. The van der Waals surface area contributed by atoms with Crippen LogP contribution in [-0.2, 0) is 27.1 Å². The van der Waals surface area contributed by atoms with Gasteiger partial charge >= 0.3 is 0 Å². The Balaban J connectivity index is 1.26. The van der Waals surface area contributed by atoms with Crippen LogP contribution in [0.1, 0.15) is 175 Å². The summed E-state index contributed by atoms with van der Waals surface area (Å²) < 4.78 is 0. The Kier molecular flexibility index (Phi) is 11.0. The van der Waals surface area contributed by atoms with Gasteiger partial charge in [-0.05, 0) is 188 Å². The topological polar surface area (TPSA) is 35.7 Å². The second-order valence-corrected chi connectivity index (χ2v) is 28.0. The molecule has 5 aliphatic rings. The minimum Gasteiger partial charge on any atom is -0.399 e. The van der Waals surface area contributed by atoms with Gasteiger partial charge < -0.3 is 20.4 Å². The van der Waals surface area contributed by atoms with Crippen molar-refractivity contribution in [3.8, 4) is 11.1 Å². The molecule has 7 aromatic carbocycles. The quantitative estimate of drug-likeness (QED) is 0.138. The maximum atomic E-state index is 6.75. The molecule has 7 aromatic rings. The second kappa shape index (κ2) is 16.7. The minimum atomic E-state index is -0.174. The molecule has 2 N–H and O–H groups in total. The molecule has 3 aliphatic heterocycles. The van der Waals surface area contributed by atoms with E-state index in [0.29, 0.717) is 11.8 Å². The molecular formula is C70H81BN4. The van der Waals surface area contributed by atoms with E-state index >= 15 is 0 Å². The number of rotatable bonds is 5. The Morgan fingerprint density at radius 2 is 1.13 bits per heavy atom. The van der Waals surface area contributed by atoms with E-state index in [4.69, 9.17) is 5.73 Å². The molecule has 5 heteroatoms. The summed E-state index contributed by atoms with van der Waals surface area (Å²) in [5.41, 5.74) is 32.3. The predicted octanol–water partition coefficient (Wildman–Crippen LogP) is 17.1. The first-order chi connectivity index (χ1) is 35.3. The molecule has 0 bridgehead atoms. The zero-order valence-corrected chi connectivity index (χ0v) is 47.9. The van der Waals surface area contributed by atoms with Crippen molar-refractivity contribution in [2.24, 2.45) is 5.92 Å². The Hall–Kier alpha value is -6.20. The summed E-state index contributed by atoms with van der Waals surface area (Å²) in [6.45, 7) is 36.1. The van der Waals surface area contributed by atoms with Gasteiger partial charge in [0.25, 0.3) is 6.71 Å². The third kappa shape index (κ3) is 7.50. The van der Waals surface area contributed by atoms with Gasteiger partial charge in [-0.1, -0.05) is 170 Å². The standard InChI is InChI=1S/C70H81BN4/c1-43(2)51-32-35-68(12,13)54-42-57-61(41-53(51)54)74(58-29-24-46(66(6,7)8)36-52(58)44-20-17-16-18-21-44)63-40-50(75-59-31-26-48(72)38-55(59)69(14)33-19-34-70(69,75)15)39-62-64(63)71(57)56-37-47(67(9,10)11)25-30-60(56)73(62)49-27-22-45(23-28-49)65(3,4)5/h16-18,20-31,36-43,51H,19,32-35,72H2,1-15H3. The highest BCUT2D eigenvalue weighted by Gasteiger charge is 2.60. The second-order valence-electron chi connectivity index (χ2n) is 28.0. The molecule has 0 amide bonds. The van der Waals surface area contributed by atoms with E-state index in [1.807, 2.05) is 0 Å². The van der Waals surface area contributed by atoms with Crippen LogP contribution in [0.25, 0.3) is 11.1 Å². The lowest BCUT2D eigenvalue weighted by atomic mass is 9.33. The number of hydrogen-bond donors (Lipinski definition) is 1. The third-order valence-electron chi connectivity index (χ3n) is 19.4. The van der Waals surface area contributed by atoms with E-state index in [1.165, 1.54) is 126 Å². The predicted molar refractivity (Wildman–Crippen MR) is 324 cm³/mol. The molecule has 0 spiro atoms. The fraction of sp³-hybridized carbons (Fsp3) is 0.400. The Labute approximate surface area is 450 Å². The van der Waals surface area contributed by atoms with Gasteiger partial charge in [0.1, 0.15) is 0 Å². The van der Waals surface area contributed by atoms with Gasteiger partial charge in [0, 0.05) is 56.5 Å². The van der Waals surface area contributed by atoms with Crippen LogP contribution < -0.4 is 36.8 Å². The molecule has 0 radical (unpaired) electrons. The summed E-state index contributed by atoms with van der Waals surface area (Å²) in [5, 5.41) is 0. The molecule has 384 valence electrons. The van der Waals surface area contributed by atoms with Crippen LogP contribution in [0.15, 0.2) is 133 Å². The van der Waals surface area contributed by atoms with Crippen molar-refractivity contribution in [2.75, 3.05) is 20.4 Å². The van der Waals surface area contributed by atoms with Crippen LogP contribution in [0.2, 0.25) is 0 Å². The van der Waals surface area contributed by atoms with E-state index in [-0.39, 0.29) is 39.3 Å². The van der Waals surface area contributed by atoms with E-state index in [1.54, 1.807) is 0 Å². The Bertz CT molecular complexity index is 3440. The highest BCUT2D eigenvalue weighted by molar-refractivity contribution is 7.00. The minimum absolute atomic E-state index is 0.0186. The molecular weight excluding hydrogens is 908 g/mol. The van der Waals surface area contributed by atoms with Gasteiger partial charge in [0.2, 0.25) is 0 Å². The highest BCUT2D eigenvalue weighted by atomic mass is 15.3. The fourth-order valence-corrected chi connectivity index (χ4v) is 14.7. The Morgan fingerprint density at radius 1 is 0.533 bits per heavy atom. The van der Waals surface area contributed by atoms with Gasteiger partial charge in [-0.3, -0.25) is 0 Å². The SMILES string of the molecule is CC(C)C1CCC(C)(C)c2cc3c(cc21)N(c1ccc(C(C)(C)C)cc1-c1ccccc1)c1cc(N2c4ccc(N)cc4C4(C)CCCC24C)cc2c1B3c1cc(C(C)(C)C)ccc1N2c1ccc(C(C)(C)C)cc1. The summed E-state index contributed by atoms with van der Waals surface area (Å²) in [5.74, 6) is 0.978. The number of nitrogens with zero attached hydrogens (tertiary/aromatic N) is 3. The average Bonchev–Trinajstić information content (AvgIpc) is 3.77. The Morgan fingerprint density at radius 3 is 1.79 bits per heavy atom. The van der Waals surface area contributed by atoms with Crippen molar-refractivity contribution in [1.82, 2.24) is 0 Å². The van der Waals surface area contributed by atoms with Crippen molar-refractivity contribution in [3.05, 3.63) is 167 Å². The average molecular weight is 989 g/mol. The number of fused-ring (bicyclic) bond motifs is 8. The van der Waals surface area contributed by atoms with Crippen molar-refractivity contribution < 1.29 is 0 Å². The normalized spacial score (nSPS) is 21.4. The van der Waals surface area contributed by atoms with Crippen LogP contribution in [0.4, 0.5) is 51.2 Å².